The minimum atomic E-state index is -0.461. The maximum absolute atomic E-state index is 9.50. The summed E-state index contributed by atoms with van der Waals surface area (Å²) >= 11 is 6.18. The van der Waals surface area contributed by atoms with E-state index in [0.717, 1.165) is 25.4 Å². The lowest BCUT2D eigenvalue weighted by molar-refractivity contribution is 0.0787. The SMILES string of the molecule is CC(O)C(Cl)N1CCC(Cc2ccccc2)CC1. The zero-order valence-corrected chi connectivity index (χ0v) is 11.7. The molecule has 0 radical (unpaired) electrons. The van der Waals surface area contributed by atoms with Crippen molar-refractivity contribution in [3.8, 4) is 0 Å². The fraction of sp³-hybridized carbons (Fsp3) is 0.600. The predicted octanol–water partition coefficient (Wildman–Crippen LogP) is 2.89. The van der Waals surface area contributed by atoms with E-state index in [9.17, 15) is 5.11 Å². The van der Waals surface area contributed by atoms with Gasteiger partial charge in [-0.25, -0.2) is 0 Å². The average Bonchev–Trinajstić information content (AvgIpc) is 2.40. The van der Waals surface area contributed by atoms with Gasteiger partial charge in [-0.3, -0.25) is 4.90 Å². The minimum absolute atomic E-state index is 0.234. The first-order valence-electron chi connectivity index (χ1n) is 6.77. The van der Waals surface area contributed by atoms with Crippen LogP contribution >= 0.6 is 11.6 Å². The number of nitrogens with zero attached hydrogens (tertiary/aromatic N) is 1. The second-order valence-corrected chi connectivity index (χ2v) is 5.73. The van der Waals surface area contributed by atoms with E-state index in [1.54, 1.807) is 6.92 Å². The predicted molar refractivity (Wildman–Crippen MR) is 75.8 cm³/mol. The number of aliphatic hydroxyl groups excluding tert-OH is 1. The normalized spacial score (nSPS) is 21.7. The Bertz CT molecular complexity index is 347. The Morgan fingerprint density at radius 1 is 1.28 bits per heavy atom. The molecular weight excluding hydrogens is 246 g/mol. The first-order chi connectivity index (χ1) is 8.66. The molecule has 2 nitrogen and oxygen atoms in total. The first-order valence-corrected chi connectivity index (χ1v) is 7.20. The summed E-state index contributed by atoms with van der Waals surface area (Å²) in [5, 5.41) is 9.50. The fourth-order valence-electron chi connectivity index (χ4n) is 2.66. The summed E-state index contributed by atoms with van der Waals surface area (Å²) in [7, 11) is 0. The van der Waals surface area contributed by atoms with Crippen molar-refractivity contribution in [1.29, 1.82) is 0 Å². The first kappa shape index (κ1) is 13.9. The highest BCUT2D eigenvalue weighted by Gasteiger charge is 2.26. The van der Waals surface area contributed by atoms with E-state index in [4.69, 9.17) is 11.6 Å². The molecule has 0 saturated carbocycles. The third kappa shape index (κ3) is 3.71. The molecule has 0 aromatic heterocycles. The standard InChI is InChI=1S/C15H22ClNO/c1-12(18)15(16)17-9-7-14(8-10-17)11-13-5-3-2-4-6-13/h2-6,12,14-15,18H,7-11H2,1H3. The second kappa shape index (κ2) is 6.55. The number of likely N-dealkylation sites (tertiary alicyclic amines) is 1. The third-order valence-corrected chi connectivity index (χ3v) is 4.40. The van der Waals surface area contributed by atoms with Crippen molar-refractivity contribution < 1.29 is 5.11 Å². The summed E-state index contributed by atoms with van der Waals surface area (Å²) in [5.41, 5.74) is 1.19. The van der Waals surface area contributed by atoms with Gasteiger partial charge in [0.05, 0.1) is 6.10 Å². The van der Waals surface area contributed by atoms with Crippen LogP contribution in [0.15, 0.2) is 30.3 Å². The Morgan fingerprint density at radius 2 is 1.89 bits per heavy atom. The van der Waals surface area contributed by atoms with Crippen LogP contribution in [-0.2, 0) is 6.42 Å². The summed E-state index contributed by atoms with van der Waals surface area (Å²) in [6.45, 7) is 3.75. The van der Waals surface area contributed by atoms with E-state index in [1.165, 1.54) is 18.4 Å². The molecule has 1 heterocycles. The fourth-order valence-corrected chi connectivity index (χ4v) is 2.85. The number of hydrogen-bond acceptors (Lipinski definition) is 2. The molecule has 2 atom stereocenters. The highest BCUT2D eigenvalue weighted by Crippen LogP contribution is 2.24. The number of aliphatic hydroxyl groups is 1. The number of piperidine rings is 1. The molecule has 2 rings (SSSR count). The average molecular weight is 268 g/mol. The smallest absolute Gasteiger partial charge is 0.111 e. The topological polar surface area (TPSA) is 23.5 Å². The van der Waals surface area contributed by atoms with Gasteiger partial charge in [0.2, 0.25) is 0 Å². The zero-order chi connectivity index (χ0) is 13.0. The van der Waals surface area contributed by atoms with Crippen molar-refractivity contribution in [2.45, 2.75) is 37.8 Å². The van der Waals surface area contributed by atoms with Crippen LogP contribution in [0.1, 0.15) is 25.3 Å². The van der Waals surface area contributed by atoms with Crippen LogP contribution in [0.4, 0.5) is 0 Å². The quantitative estimate of drug-likeness (QED) is 0.670. The van der Waals surface area contributed by atoms with Crippen LogP contribution in [0.25, 0.3) is 0 Å². The molecule has 3 heteroatoms. The molecule has 1 N–H and O–H groups in total. The molecule has 1 aliphatic heterocycles. The van der Waals surface area contributed by atoms with Gasteiger partial charge in [-0.15, -0.1) is 11.6 Å². The summed E-state index contributed by atoms with van der Waals surface area (Å²) in [5.74, 6) is 0.751. The van der Waals surface area contributed by atoms with Gasteiger partial charge in [-0.05, 0) is 50.8 Å². The molecule has 0 bridgehead atoms. The van der Waals surface area contributed by atoms with Gasteiger partial charge in [0.1, 0.15) is 5.50 Å². The van der Waals surface area contributed by atoms with Crippen molar-refractivity contribution in [3.05, 3.63) is 35.9 Å². The Morgan fingerprint density at radius 3 is 2.44 bits per heavy atom. The van der Waals surface area contributed by atoms with Crippen LogP contribution in [0.5, 0.6) is 0 Å². The Labute approximate surface area is 115 Å². The largest absolute Gasteiger partial charge is 0.390 e. The van der Waals surface area contributed by atoms with Gasteiger partial charge in [-0.2, -0.15) is 0 Å². The van der Waals surface area contributed by atoms with E-state index in [-0.39, 0.29) is 5.50 Å². The van der Waals surface area contributed by atoms with Crippen LogP contribution in [-0.4, -0.2) is 34.7 Å². The third-order valence-electron chi connectivity index (χ3n) is 3.76. The van der Waals surface area contributed by atoms with Crippen molar-refractivity contribution >= 4 is 11.6 Å². The van der Waals surface area contributed by atoms with Gasteiger partial charge in [-0.1, -0.05) is 30.3 Å². The maximum atomic E-state index is 9.50. The molecule has 0 amide bonds. The van der Waals surface area contributed by atoms with Crippen LogP contribution in [0.3, 0.4) is 0 Å². The van der Waals surface area contributed by atoms with Gasteiger partial charge < -0.3 is 5.11 Å². The van der Waals surface area contributed by atoms with Crippen molar-refractivity contribution in [3.63, 3.8) is 0 Å². The van der Waals surface area contributed by atoms with Gasteiger partial charge in [0.15, 0.2) is 0 Å². The number of benzene rings is 1. The zero-order valence-electron chi connectivity index (χ0n) is 10.9. The molecule has 100 valence electrons. The lowest BCUT2D eigenvalue weighted by Crippen LogP contribution is -2.43. The van der Waals surface area contributed by atoms with Crippen LogP contribution < -0.4 is 0 Å². The summed E-state index contributed by atoms with van der Waals surface area (Å²) in [4.78, 5) is 2.19. The second-order valence-electron chi connectivity index (χ2n) is 5.28. The maximum Gasteiger partial charge on any atom is 0.111 e. The van der Waals surface area contributed by atoms with E-state index < -0.39 is 6.10 Å². The minimum Gasteiger partial charge on any atom is -0.390 e. The van der Waals surface area contributed by atoms with Crippen molar-refractivity contribution in [2.24, 2.45) is 5.92 Å². The molecular formula is C15H22ClNO. The molecule has 1 fully saturated rings. The van der Waals surface area contributed by atoms with Crippen molar-refractivity contribution in [1.82, 2.24) is 4.90 Å². The van der Waals surface area contributed by atoms with Gasteiger partial charge in [0.25, 0.3) is 0 Å². The Balaban J connectivity index is 1.80. The molecule has 1 aromatic rings. The van der Waals surface area contributed by atoms with E-state index in [0.29, 0.717) is 0 Å². The molecule has 1 aromatic carbocycles. The monoisotopic (exact) mass is 267 g/mol. The number of hydrogen-bond donors (Lipinski definition) is 1. The number of rotatable bonds is 4. The van der Waals surface area contributed by atoms with Gasteiger partial charge >= 0.3 is 0 Å². The lowest BCUT2D eigenvalue weighted by Gasteiger charge is -2.36. The van der Waals surface area contributed by atoms with Crippen molar-refractivity contribution in [2.75, 3.05) is 13.1 Å². The lowest BCUT2D eigenvalue weighted by atomic mass is 9.90. The number of alkyl halides is 1. The molecule has 1 saturated heterocycles. The summed E-state index contributed by atoms with van der Waals surface area (Å²) < 4.78 is 0. The Hall–Kier alpha value is -0.570. The van der Waals surface area contributed by atoms with Gasteiger partial charge in [0, 0.05) is 0 Å². The summed E-state index contributed by atoms with van der Waals surface area (Å²) in [6, 6.07) is 10.7. The highest BCUT2D eigenvalue weighted by atomic mass is 35.5. The van der Waals surface area contributed by atoms with Crippen LogP contribution in [0, 0.1) is 5.92 Å². The molecule has 0 aliphatic carbocycles. The van der Waals surface area contributed by atoms with E-state index >= 15 is 0 Å². The Kier molecular flexibility index (Phi) is 5.04. The van der Waals surface area contributed by atoms with Crippen LogP contribution in [0.2, 0.25) is 0 Å². The summed E-state index contributed by atoms with van der Waals surface area (Å²) in [6.07, 6.45) is 3.05. The molecule has 18 heavy (non-hydrogen) atoms. The highest BCUT2D eigenvalue weighted by molar-refractivity contribution is 6.20. The van der Waals surface area contributed by atoms with E-state index in [1.807, 2.05) is 0 Å². The molecule has 0 spiro atoms. The molecule has 1 aliphatic rings. The molecule has 2 unspecified atom stereocenters. The number of halogens is 1. The van der Waals surface area contributed by atoms with E-state index in [2.05, 4.69) is 35.2 Å².